The molecule has 5 aromatic carbocycles. The SMILES string of the molecule is COc1ccc([C@H]2C3=C(N=c4s/c(=C\c5c(OCc6ccccc6)ccc6ccccc56)c(=O)n42)c2ccccc2CC3)cc1OC. The lowest BCUT2D eigenvalue weighted by molar-refractivity contribution is 0.306. The van der Waals surface area contributed by atoms with Crippen LogP contribution in [-0.2, 0) is 13.0 Å². The van der Waals surface area contributed by atoms with Crippen molar-refractivity contribution in [1.29, 1.82) is 0 Å². The van der Waals surface area contributed by atoms with E-state index < -0.39 is 0 Å². The lowest BCUT2D eigenvalue weighted by Gasteiger charge is -2.31. The van der Waals surface area contributed by atoms with Crippen molar-refractivity contribution in [3.8, 4) is 17.2 Å². The highest BCUT2D eigenvalue weighted by Gasteiger charge is 2.33. The van der Waals surface area contributed by atoms with E-state index in [0.717, 1.165) is 62.9 Å². The van der Waals surface area contributed by atoms with Crippen molar-refractivity contribution in [2.75, 3.05) is 14.2 Å². The van der Waals surface area contributed by atoms with Crippen LogP contribution in [0.5, 0.6) is 17.2 Å². The van der Waals surface area contributed by atoms with Crippen molar-refractivity contribution in [2.45, 2.75) is 25.5 Å². The van der Waals surface area contributed by atoms with Gasteiger partial charge in [-0.3, -0.25) is 9.36 Å². The van der Waals surface area contributed by atoms with Crippen LogP contribution in [0, 0.1) is 0 Å². The summed E-state index contributed by atoms with van der Waals surface area (Å²) in [5, 5.41) is 2.10. The number of ether oxygens (including phenoxy) is 3. The van der Waals surface area contributed by atoms with Crippen molar-refractivity contribution in [3.05, 3.63) is 162 Å². The van der Waals surface area contributed by atoms with Crippen LogP contribution in [0.1, 0.15) is 40.3 Å². The van der Waals surface area contributed by atoms with E-state index in [1.165, 1.54) is 16.9 Å². The van der Waals surface area contributed by atoms with E-state index in [1.54, 1.807) is 14.2 Å². The summed E-state index contributed by atoms with van der Waals surface area (Å²) in [7, 11) is 3.26. The lowest BCUT2D eigenvalue weighted by Crippen LogP contribution is -2.38. The van der Waals surface area contributed by atoms with Crippen LogP contribution in [0.2, 0.25) is 0 Å². The number of nitrogens with zero attached hydrogens (tertiary/aromatic N) is 2. The van der Waals surface area contributed by atoms with Gasteiger partial charge in [-0.1, -0.05) is 102 Å². The molecule has 2 aliphatic rings. The molecule has 0 radical (unpaired) electrons. The summed E-state index contributed by atoms with van der Waals surface area (Å²) in [6, 6.07) is 36.4. The third-order valence-corrected chi connectivity index (χ3v) is 10.0. The largest absolute Gasteiger partial charge is 0.493 e. The fourth-order valence-corrected chi connectivity index (χ4v) is 7.74. The van der Waals surface area contributed by atoms with Gasteiger partial charge < -0.3 is 14.2 Å². The third-order valence-electron chi connectivity index (χ3n) is 9.04. The summed E-state index contributed by atoms with van der Waals surface area (Å²) >= 11 is 1.42. The summed E-state index contributed by atoms with van der Waals surface area (Å²) in [4.78, 5) is 20.5. The van der Waals surface area contributed by atoms with Crippen molar-refractivity contribution >= 4 is 33.9 Å². The molecule has 2 heterocycles. The molecule has 6 aromatic rings. The molecule has 0 unspecified atom stereocenters. The number of methoxy groups -OCH3 is 2. The zero-order chi connectivity index (χ0) is 31.9. The fraction of sp³-hybridized carbons (Fsp3) is 0.150. The van der Waals surface area contributed by atoms with Crippen LogP contribution in [-0.4, -0.2) is 18.8 Å². The van der Waals surface area contributed by atoms with Crippen LogP contribution < -0.4 is 29.1 Å². The van der Waals surface area contributed by atoms with Crippen molar-refractivity contribution < 1.29 is 14.2 Å². The smallest absolute Gasteiger partial charge is 0.271 e. The van der Waals surface area contributed by atoms with E-state index in [1.807, 2.05) is 77.4 Å². The zero-order valence-electron chi connectivity index (χ0n) is 26.1. The second-order valence-corrected chi connectivity index (χ2v) is 12.7. The van der Waals surface area contributed by atoms with Gasteiger partial charge in [0.1, 0.15) is 12.4 Å². The first-order chi connectivity index (χ1) is 23.1. The standard InChI is InChI=1S/C40H32N2O4S/c1-44-34-21-18-28(22-35(34)45-2)38-31-19-16-27-13-7-9-15-30(27)37(31)41-40-42(38)39(43)36(47-40)23-32-29-14-8-6-12-26(29)17-20-33(32)46-24-25-10-4-3-5-11-25/h3-15,17-18,20-23,38H,16,19,24H2,1-2H3/b36-23-/t38-/m0/s1. The Morgan fingerprint density at radius 2 is 1.60 bits per heavy atom. The van der Waals surface area contributed by atoms with Gasteiger partial charge >= 0.3 is 0 Å². The highest BCUT2D eigenvalue weighted by atomic mass is 32.1. The lowest BCUT2D eigenvalue weighted by atomic mass is 9.83. The molecule has 6 nitrogen and oxygen atoms in total. The quantitative estimate of drug-likeness (QED) is 0.188. The molecule has 1 aliphatic carbocycles. The minimum atomic E-state index is -0.335. The average Bonchev–Trinajstić information content (AvgIpc) is 3.44. The van der Waals surface area contributed by atoms with Gasteiger partial charge in [0.05, 0.1) is 30.5 Å². The number of benzene rings is 5. The molecule has 1 aliphatic heterocycles. The van der Waals surface area contributed by atoms with E-state index in [2.05, 4.69) is 42.5 Å². The maximum atomic E-state index is 14.6. The molecule has 0 fully saturated rings. The second kappa shape index (κ2) is 12.1. The van der Waals surface area contributed by atoms with E-state index >= 15 is 0 Å². The first-order valence-corrected chi connectivity index (χ1v) is 16.5. The Morgan fingerprint density at radius 1 is 0.830 bits per heavy atom. The van der Waals surface area contributed by atoms with E-state index in [9.17, 15) is 4.79 Å². The Hall–Kier alpha value is -5.40. The summed E-state index contributed by atoms with van der Waals surface area (Å²) in [5.74, 6) is 1.99. The number of aryl methyl sites for hydroxylation is 1. The van der Waals surface area contributed by atoms with Crippen molar-refractivity contribution in [3.63, 3.8) is 0 Å². The number of hydrogen-bond donors (Lipinski definition) is 0. The number of thiazole rings is 1. The minimum Gasteiger partial charge on any atom is -0.493 e. The van der Waals surface area contributed by atoms with Crippen LogP contribution in [0.15, 0.2) is 125 Å². The van der Waals surface area contributed by atoms with Crippen molar-refractivity contribution in [1.82, 2.24) is 4.57 Å². The molecule has 0 saturated heterocycles. The molecule has 0 amide bonds. The Bertz CT molecular complexity index is 2370. The summed E-state index contributed by atoms with van der Waals surface area (Å²) in [6.45, 7) is 0.423. The third kappa shape index (κ3) is 5.13. The highest BCUT2D eigenvalue weighted by Crippen LogP contribution is 2.43. The molecule has 7 heteroatoms. The van der Waals surface area contributed by atoms with Gasteiger partial charge in [0.2, 0.25) is 0 Å². The molecule has 232 valence electrons. The Kier molecular flexibility index (Phi) is 7.46. The molecule has 0 N–H and O–H groups in total. The fourth-order valence-electron chi connectivity index (χ4n) is 6.76. The molecule has 0 saturated carbocycles. The first kappa shape index (κ1) is 29.0. The number of fused-ring (bicyclic) bond motifs is 4. The number of hydrogen-bond acceptors (Lipinski definition) is 6. The molecule has 0 spiro atoms. The van der Waals surface area contributed by atoms with Crippen LogP contribution >= 0.6 is 11.3 Å². The molecule has 1 aromatic heterocycles. The van der Waals surface area contributed by atoms with Gasteiger partial charge in [-0.2, -0.15) is 0 Å². The van der Waals surface area contributed by atoms with Gasteiger partial charge in [-0.15, -0.1) is 0 Å². The second-order valence-electron chi connectivity index (χ2n) is 11.7. The normalized spacial score (nSPS) is 15.4. The molecular weight excluding hydrogens is 605 g/mol. The number of aromatic nitrogens is 1. The van der Waals surface area contributed by atoms with E-state index in [0.29, 0.717) is 27.4 Å². The zero-order valence-corrected chi connectivity index (χ0v) is 26.9. The van der Waals surface area contributed by atoms with Gasteiger partial charge in [0, 0.05) is 11.1 Å². The van der Waals surface area contributed by atoms with Gasteiger partial charge in [-0.25, -0.2) is 4.99 Å². The van der Waals surface area contributed by atoms with Crippen LogP contribution in [0.4, 0.5) is 0 Å². The average molecular weight is 637 g/mol. The van der Waals surface area contributed by atoms with Crippen LogP contribution in [0.3, 0.4) is 0 Å². The Balaban J connectivity index is 1.34. The van der Waals surface area contributed by atoms with E-state index in [-0.39, 0.29) is 11.6 Å². The van der Waals surface area contributed by atoms with Crippen molar-refractivity contribution in [2.24, 2.45) is 4.99 Å². The van der Waals surface area contributed by atoms with Gasteiger partial charge in [0.25, 0.3) is 5.56 Å². The summed E-state index contributed by atoms with van der Waals surface area (Å²) < 4.78 is 20.1. The Labute approximate surface area is 276 Å². The number of rotatable bonds is 7. The monoisotopic (exact) mass is 636 g/mol. The first-order valence-electron chi connectivity index (χ1n) is 15.7. The topological polar surface area (TPSA) is 62.0 Å². The maximum Gasteiger partial charge on any atom is 0.271 e. The number of allylic oxidation sites excluding steroid dienone is 1. The molecule has 1 atom stereocenters. The highest BCUT2D eigenvalue weighted by molar-refractivity contribution is 7.07. The Morgan fingerprint density at radius 3 is 2.45 bits per heavy atom. The molecule has 0 bridgehead atoms. The molecule has 47 heavy (non-hydrogen) atoms. The molecular formula is C40H32N2O4S. The summed E-state index contributed by atoms with van der Waals surface area (Å²) in [5.41, 5.74) is 7.31. The maximum absolute atomic E-state index is 14.6. The van der Waals surface area contributed by atoms with E-state index in [4.69, 9.17) is 19.2 Å². The summed E-state index contributed by atoms with van der Waals surface area (Å²) in [6.07, 6.45) is 3.67. The van der Waals surface area contributed by atoms with Gasteiger partial charge in [-0.05, 0) is 70.2 Å². The minimum absolute atomic E-state index is 0.0825. The van der Waals surface area contributed by atoms with Gasteiger partial charge in [0.15, 0.2) is 16.3 Å². The predicted octanol–water partition coefficient (Wildman–Crippen LogP) is 7.07. The predicted molar refractivity (Wildman–Crippen MR) is 187 cm³/mol. The van der Waals surface area contributed by atoms with Crippen LogP contribution in [0.25, 0.3) is 22.5 Å². The molecule has 8 rings (SSSR count).